The molecule has 0 spiro atoms. The van der Waals surface area contributed by atoms with Crippen LogP contribution in [0.1, 0.15) is 119 Å². The molecule has 8 heteroatoms. The number of hydrogen-bond donors (Lipinski definition) is 1. The fourth-order valence-corrected chi connectivity index (χ4v) is 7.26. The number of aromatic nitrogens is 1. The highest BCUT2D eigenvalue weighted by molar-refractivity contribution is 8.01. The molecule has 3 rings (SSSR count). The Kier molecular flexibility index (Phi) is 17.9. The summed E-state index contributed by atoms with van der Waals surface area (Å²) in [7, 11) is 0. The fourth-order valence-electron chi connectivity index (χ4n) is 5.46. The van der Waals surface area contributed by atoms with Crippen molar-refractivity contribution in [2.45, 2.75) is 120 Å². The molecule has 1 aromatic heterocycles. The first-order valence-electron chi connectivity index (χ1n) is 16.5. The Labute approximate surface area is 262 Å². The highest BCUT2D eigenvalue weighted by Gasteiger charge is 2.30. The van der Waals surface area contributed by atoms with Crippen molar-refractivity contribution in [3.05, 3.63) is 47.0 Å². The molecule has 1 aromatic carbocycles. The number of aryl methyl sites for hydroxylation is 1. The Bertz CT molecular complexity index is 1000. The third-order valence-electron chi connectivity index (χ3n) is 7.98. The van der Waals surface area contributed by atoms with Crippen molar-refractivity contribution in [2.24, 2.45) is 0 Å². The highest BCUT2D eigenvalue weighted by atomic mass is 32.2. The minimum absolute atomic E-state index is 0.257. The molecule has 2 aromatic rings. The second-order valence-corrected chi connectivity index (χ2v) is 13.6. The lowest BCUT2D eigenvalue weighted by Gasteiger charge is -2.25. The van der Waals surface area contributed by atoms with Crippen LogP contribution in [0.4, 0.5) is 0 Å². The van der Waals surface area contributed by atoms with E-state index >= 15 is 0 Å². The predicted octanol–water partition coefficient (Wildman–Crippen LogP) is 8.31. The molecule has 1 aliphatic rings. The van der Waals surface area contributed by atoms with E-state index in [0.717, 1.165) is 49.0 Å². The summed E-state index contributed by atoms with van der Waals surface area (Å²) in [6, 6.07) is 11.0. The van der Waals surface area contributed by atoms with Gasteiger partial charge in [-0.2, -0.15) is 0 Å². The number of nitrogens with zero attached hydrogens (tertiary/aromatic N) is 2. The van der Waals surface area contributed by atoms with Crippen LogP contribution in [-0.2, 0) is 16.0 Å². The van der Waals surface area contributed by atoms with E-state index in [2.05, 4.69) is 47.6 Å². The Morgan fingerprint density at radius 1 is 1.00 bits per heavy atom. The van der Waals surface area contributed by atoms with E-state index in [4.69, 9.17) is 4.74 Å². The van der Waals surface area contributed by atoms with Gasteiger partial charge in [0.15, 0.2) is 10.0 Å². The summed E-state index contributed by atoms with van der Waals surface area (Å²) in [5.41, 5.74) is 1.84. The molecule has 0 unspecified atom stereocenters. The van der Waals surface area contributed by atoms with Gasteiger partial charge >= 0.3 is 5.97 Å². The van der Waals surface area contributed by atoms with E-state index in [-0.39, 0.29) is 11.9 Å². The number of carbonyl (C=O) groups is 2. The van der Waals surface area contributed by atoms with Gasteiger partial charge in [-0.05, 0) is 44.2 Å². The van der Waals surface area contributed by atoms with Gasteiger partial charge in [-0.25, -0.2) is 9.78 Å². The molecule has 0 radical (unpaired) electrons. The van der Waals surface area contributed by atoms with Crippen molar-refractivity contribution in [2.75, 3.05) is 32.0 Å². The smallest absolute Gasteiger partial charge is 0.357 e. The molecule has 234 valence electrons. The molecular weight excluding hydrogens is 563 g/mol. The normalized spacial score (nSPS) is 15.0. The number of thiazole rings is 1. The van der Waals surface area contributed by atoms with Crippen molar-refractivity contribution in [3.8, 4) is 0 Å². The second-order valence-electron chi connectivity index (χ2n) is 11.4. The molecule has 1 saturated heterocycles. The Balaban J connectivity index is 1.18. The number of amides is 1. The van der Waals surface area contributed by atoms with Gasteiger partial charge in [-0.1, -0.05) is 113 Å². The molecule has 0 bridgehead atoms. The van der Waals surface area contributed by atoms with Gasteiger partial charge in [0.1, 0.15) is 0 Å². The van der Waals surface area contributed by atoms with Crippen LogP contribution in [0, 0.1) is 0 Å². The van der Waals surface area contributed by atoms with E-state index < -0.39 is 0 Å². The summed E-state index contributed by atoms with van der Waals surface area (Å²) in [4.78, 5) is 31.4. The first-order chi connectivity index (χ1) is 20.7. The molecule has 1 amide bonds. The van der Waals surface area contributed by atoms with Crippen LogP contribution < -0.4 is 5.32 Å². The zero-order chi connectivity index (χ0) is 29.7. The molecule has 0 aliphatic carbocycles. The SMILES string of the molecule is CCCCCCCNC[C@H]1CCC(=O)N1CCSc1nc(C(=O)OCCCCCCCCCCc2ccccc2)cs1. The summed E-state index contributed by atoms with van der Waals surface area (Å²) in [5, 5.41) is 5.35. The molecular formula is C34H53N3O3S2. The summed E-state index contributed by atoms with van der Waals surface area (Å²) in [5.74, 6) is 0.716. The Morgan fingerprint density at radius 3 is 2.50 bits per heavy atom. The molecule has 42 heavy (non-hydrogen) atoms. The van der Waals surface area contributed by atoms with Gasteiger partial charge in [0.25, 0.3) is 0 Å². The number of ether oxygens (including phenoxy) is 1. The number of unbranched alkanes of at least 4 members (excludes halogenated alkanes) is 11. The fraction of sp³-hybridized carbons (Fsp3) is 0.676. The largest absolute Gasteiger partial charge is 0.461 e. The first-order valence-corrected chi connectivity index (χ1v) is 18.3. The van der Waals surface area contributed by atoms with Crippen LogP contribution >= 0.6 is 23.1 Å². The Hall–Kier alpha value is -1.90. The average Bonchev–Trinajstić information content (AvgIpc) is 3.62. The van der Waals surface area contributed by atoms with E-state index in [9.17, 15) is 9.59 Å². The summed E-state index contributed by atoms with van der Waals surface area (Å²) in [6.07, 6.45) is 18.8. The highest BCUT2D eigenvalue weighted by Crippen LogP contribution is 2.25. The lowest BCUT2D eigenvalue weighted by Crippen LogP contribution is -2.41. The lowest BCUT2D eigenvalue weighted by atomic mass is 10.0. The number of hydrogen-bond acceptors (Lipinski definition) is 7. The van der Waals surface area contributed by atoms with Crippen molar-refractivity contribution in [1.29, 1.82) is 0 Å². The van der Waals surface area contributed by atoms with E-state index in [1.165, 1.54) is 94.0 Å². The van der Waals surface area contributed by atoms with Gasteiger partial charge in [0, 0.05) is 36.7 Å². The van der Waals surface area contributed by atoms with Gasteiger partial charge < -0.3 is 15.0 Å². The first kappa shape index (κ1) is 34.6. The number of rotatable bonds is 24. The van der Waals surface area contributed by atoms with E-state index in [0.29, 0.717) is 24.8 Å². The summed E-state index contributed by atoms with van der Waals surface area (Å²) in [6.45, 7) is 5.34. The number of esters is 1. The third kappa shape index (κ3) is 14.0. The van der Waals surface area contributed by atoms with Crippen molar-refractivity contribution >= 4 is 35.0 Å². The summed E-state index contributed by atoms with van der Waals surface area (Å²) < 4.78 is 6.33. The van der Waals surface area contributed by atoms with Crippen LogP contribution in [-0.4, -0.2) is 59.8 Å². The standard InChI is InChI=1S/C34H53N3O3S2/c1-2-3-4-10-16-23-35-27-30-21-22-32(38)37(30)24-26-41-34-36-31(28-42-34)33(39)40-25-17-11-8-6-5-7-9-13-18-29-19-14-12-15-20-29/h12,14-15,19-20,28,30,35H,2-11,13,16-18,21-27H2,1H3/t30-/m1/s1. The van der Waals surface area contributed by atoms with Crippen LogP contribution in [0.25, 0.3) is 0 Å². The van der Waals surface area contributed by atoms with E-state index in [1.807, 2.05) is 4.90 Å². The minimum Gasteiger partial charge on any atom is -0.461 e. The zero-order valence-corrected chi connectivity index (χ0v) is 27.5. The Morgan fingerprint density at radius 2 is 1.71 bits per heavy atom. The molecule has 1 N–H and O–H groups in total. The molecule has 0 saturated carbocycles. The number of likely N-dealkylation sites (tertiary alicyclic amines) is 1. The molecule has 2 heterocycles. The maximum atomic E-state index is 12.4. The van der Waals surface area contributed by atoms with E-state index in [1.54, 1.807) is 17.1 Å². The maximum absolute atomic E-state index is 12.4. The van der Waals surface area contributed by atoms with Gasteiger partial charge in [0.2, 0.25) is 5.91 Å². The lowest BCUT2D eigenvalue weighted by molar-refractivity contribution is -0.128. The number of thioether (sulfide) groups is 1. The van der Waals surface area contributed by atoms with Gasteiger partial charge in [0.05, 0.1) is 6.61 Å². The predicted molar refractivity (Wildman–Crippen MR) is 177 cm³/mol. The van der Waals surface area contributed by atoms with Gasteiger partial charge in [-0.3, -0.25) is 4.79 Å². The van der Waals surface area contributed by atoms with Crippen molar-refractivity contribution < 1.29 is 14.3 Å². The van der Waals surface area contributed by atoms with Crippen LogP contribution in [0.3, 0.4) is 0 Å². The van der Waals surface area contributed by atoms with Crippen molar-refractivity contribution in [1.82, 2.24) is 15.2 Å². The topological polar surface area (TPSA) is 71.5 Å². The molecule has 1 fully saturated rings. The quantitative estimate of drug-likeness (QED) is 0.0728. The number of nitrogens with one attached hydrogen (secondary N) is 1. The van der Waals surface area contributed by atoms with Crippen LogP contribution in [0.2, 0.25) is 0 Å². The molecule has 1 atom stereocenters. The monoisotopic (exact) mass is 615 g/mol. The molecule has 6 nitrogen and oxygen atoms in total. The zero-order valence-electron chi connectivity index (χ0n) is 25.8. The summed E-state index contributed by atoms with van der Waals surface area (Å²) >= 11 is 3.10. The number of benzene rings is 1. The van der Waals surface area contributed by atoms with Crippen LogP contribution in [0.5, 0.6) is 0 Å². The maximum Gasteiger partial charge on any atom is 0.357 e. The molecule has 1 aliphatic heterocycles. The second kappa shape index (κ2) is 21.7. The number of carbonyl (C=O) groups excluding carboxylic acids is 2. The van der Waals surface area contributed by atoms with Crippen molar-refractivity contribution in [3.63, 3.8) is 0 Å². The average molecular weight is 616 g/mol. The third-order valence-corrected chi connectivity index (χ3v) is 9.98. The van der Waals surface area contributed by atoms with Crippen LogP contribution in [0.15, 0.2) is 40.1 Å². The van der Waals surface area contributed by atoms with Gasteiger partial charge in [-0.15, -0.1) is 11.3 Å². The minimum atomic E-state index is -0.327.